The molecule has 2 N–H and O–H groups in total. The van der Waals surface area contributed by atoms with Crippen LogP contribution < -0.4 is 11.2 Å². The van der Waals surface area contributed by atoms with E-state index in [0.29, 0.717) is 6.42 Å². The molecule has 6 heteroatoms. The third kappa shape index (κ3) is 1.25. The summed E-state index contributed by atoms with van der Waals surface area (Å²) in [5.74, 6) is 0.147. The average Bonchev–Trinajstić information content (AvgIpc) is 2.63. The lowest BCUT2D eigenvalue weighted by molar-refractivity contribution is -0.0114. The van der Waals surface area contributed by atoms with E-state index >= 15 is 0 Å². The standard InChI is InChI=1S/C9H10N2O4/c12-5-1-2-11(9(14)10-5)6-3-4-7(13)8(4)15-6/h1-2,4,6-8,13H,3H2,(H,10,12,14). The Morgan fingerprint density at radius 2 is 2.33 bits per heavy atom. The van der Waals surface area contributed by atoms with Crippen LogP contribution in [0.1, 0.15) is 12.6 Å². The molecule has 15 heavy (non-hydrogen) atoms. The molecule has 0 spiro atoms. The van der Waals surface area contributed by atoms with Gasteiger partial charge in [0.25, 0.3) is 5.56 Å². The molecular formula is C9H10N2O4. The number of aliphatic hydroxyl groups excluding tert-OH is 1. The number of hydrogen-bond donors (Lipinski definition) is 2. The number of aliphatic hydroxyl groups is 1. The quantitative estimate of drug-likeness (QED) is 0.610. The number of hydrogen-bond acceptors (Lipinski definition) is 4. The van der Waals surface area contributed by atoms with Crippen LogP contribution >= 0.6 is 0 Å². The number of rotatable bonds is 1. The van der Waals surface area contributed by atoms with Crippen LogP contribution in [0.3, 0.4) is 0 Å². The second kappa shape index (κ2) is 2.80. The van der Waals surface area contributed by atoms with Gasteiger partial charge in [0.05, 0.1) is 12.2 Å². The van der Waals surface area contributed by atoms with Crippen molar-refractivity contribution in [1.82, 2.24) is 9.55 Å². The minimum absolute atomic E-state index is 0.131. The smallest absolute Gasteiger partial charge is 0.330 e. The van der Waals surface area contributed by atoms with E-state index < -0.39 is 11.2 Å². The van der Waals surface area contributed by atoms with Gasteiger partial charge in [-0.3, -0.25) is 14.3 Å². The number of fused-ring (bicyclic) bond motifs is 1. The van der Waals surface area contributed by atoms with Crippen molar-refractivity contribution in [2.24, 2.45) is 5.92 Å². The number of nitrogens with one attached hydrogen (secondary N) is 1. The average molecular weight is 210 g/mol. The first-order valence-corrected chi connectivity index (χ1v) is 4.82. The monoisotopic (exact) mass is 210 g/mol. The maximum atomic E-state index is 11.4. The van der Waals surface area contributed by atoms with Crippen molar-refractivity contribution in [3.63, 3.8) is 0 Å². The van der Waals surface area contributed by atoms with Gasteiger partial charge < -0.3 is 9.84 Å². The van der Waals surface area contributed by atoms with E-state index in [2.05, 4.69) is 4.98 Å². The second-order valence-corrected chi connectivity index (χ2v) is 3.96. The topological polar surface area (TPSA) is 84.3 Å². The first kappa shape index (κ1) is 8.87. The van der Waals surface area contributed by atoms with Crippen molar-refractivity contribution >= 4 is 0 Å². The van der Waals surface area contributed by atoms with Gasteiger partial charge >= 0.3 is 5.69 Å². The van der Waals surface area contributed by atoms with Crippen molar-refractivity contribution in [2.45, 2.75) is 24.9 Å². The molecule has 3 rings (SSSR count). The molecule has 2 fully saturated rings. The summed E-state index contributed by atoms with van der Waals surface area (Å²) in [4.78, 5) is 24.4. The fourth-order valence-corrected chi connectivity index (χ4v) is 2.08. The summed E-state index contributed by atoms with van der Waals surface area (Å²) in [6.07, 6.45) is 1.18. The van der Waals surface area contributed by atoms with Crippen molar-refractivity contribution < 1.29 is 9.84 Å². The van der Waals surface area contributed by atoms with Crippen LogP contribution in [-0.2, 0) is 4.74 Å². The van der Waals surface area contributed by atoms with E-state index in [1.54, 1.807) is 0 Å². The van der Waals surface area contributed by atoms with Crippen LogP contribution in [0, 0.1) is 5.92 Å². The zero-order valence-corrected chi connectivity index (χ0v) is 7.79. The molecule has 1 saturated carbocycles. The summed E-state index contributed by atoms with van der Waals surface area (Å²) in [7, 11) is 0. The third-order valence-electron chi connectivity index (χ3n) is 3.01. The molecule has 0 bridgehead atoms. The number of H-pyrrole nitrogens is 1. The molecule has 1 aliphatic heterocycles. The van der Waals surface area contributed by atoms with Gasteiger partial charge in [-0.05, 0) is 0 Å². The summed E-state index contributed by atoms with van der Waals surface area (Å²) < 4.78 is 6.79. The Hall–Kier alpha value is -1.40. The van der Waals surface area contributed by atoms with Crippen LogP contribution in [0.25, 0.3) is 0 Å². The minimum Gasteiger partial charge on any atom is -0.390 e. The molecule has 0 radical (unpaired) electrons. The van der Waals surface area contributed by atoms with E-state index in [1.807, 2.05) is 0 Å². The fourth-order valence-electron chi connectivity index (χ4n) is 2.08. The summed E-state index contributed by atoms with van der Waals surface area (Å²) >= 11 is 0. The van der Waals surface area contributed by atoms with E-state index in [-0.39, 0.29) is 24.4 Å². The first-order chi connectivity index (χ1) is 7.16. The van der Waals surface area contributed by atoms with E-state index in [0.717, 1.165) is 0 Å². The van der Waals surface area contributed by atoms with E-state index in [9.17, 15) is 14.7 Å². The lowest BCUT2D eigenvalue weighted by Gasteiger charge is -2.15. The number of aromatic nitrogens is 2. The van der Waals surface area contributed by atoms with Crippen molar-refractivity contribution in [2.75, 3.05) is 0 Å². The van der Waals surface area contributed by atoms with Crippen LogP contribution in [0.15, 0.2) is 21.9 Å². The third-order valence-corrected chi connectivity index (χ3v) is 3.01. The van der Waals surface area contributed by atoms with Crippen LogP contribution in [0.5, 0.6) is 0 Å². The van der Waals surface area contributed by atoms with Crippen molar-refractivity contribution in [1.29, 1.82) is 0 Å². The lowest BCUT2D eigenvalue weighted by Crippen LogP contribution is -2.32. The normalized spacial score (nSPS) is 37.7. The zero-order valence-electron chi connectivity index (χ0n) is 7.79. The lowest BCUT2D eigenvalue weighted by atomic mass is 10.3. The highest BCUT2D eigenvalue weighted by Crippen LogP contribution is 2.49. The first-order valence-electron chi connectivity index (χ1n) is 4.82. The van der Waals surface area contributed by atoms with Crippen LogP contribution in [0.2, 0.25) is 0 Å². The maximum absolute atomic E-state index is 11.4. The minimum atomic E-state index is -0.469. The Morgan fingerprint density at radius 1 is 1.53 bits per heavy atom. The number of aromatic amines is 1. The van der Waals surface area contributed by atoms with Gasteiger partial charge in [-0.15, -0.1) is 0 Å². The van der Waals surface area contributed by atoms with Crippen LogP contribution in [-0.4, -0.2) is 26.9 Å². The summed E-state index contributed by atoms with van der Waals surface area (Å²) in [5.41, 5.74) is -0.886. The molecular weight excluding hydrogens is 200 g/mol. The van der Waals surface area contributed by atoms with Gasteiger partial charge in [0.2, 0.25) is 0 Å². The molecule has 1 aromatic heterocycles. The maximum Gasteiger partial charge on any atom is 0.330 e. The highest BCUT2D eigenvalue weighted by molar-refractivity contribution is 5.05. The molecule has 1 aromatic rings. The number of ether oxygens (including phenoxy) is 1. The second-order valence-electron chi connectivity index (χ2n) is 3.96. The Bertz CT molecular complexity index is 493. The van der Waals surface area contributed by atoms with Crippen molar-refractivity contribution in [3.05, 3.63) is 33.1 Å². The molecule has 1 saturated heterocycles. The summed E-state index contributed by atoms with van der Waals surface area (Å²) in [6.45, 7) is 0. The Labute approximate surface area is 84.1 Å². The molecule has 4 unspecified atom stereocenters. The molecule has 1 aliphatic carbocycles. The molecule has 0 amide bonds. The molecule has 2 heterocycles. The van der Waals surface area contributed by atoms with E-state index in [4.69, 9.17) is 4.74 Å². The summed E-state index contributed by atoms with van der Waals surface area (Å²) in [5, 5.41) is 9.25. The largest absolute Gasteiger partial charge is 0.390 e. The molecule has 6 nitrogen and oxygen atoms in total. The van der Waals surface area contributed by atoms with Gasteiger partial charge in [0, 0.05) is 24.6 Å². The highest BCUT2D eigenvalue weighted by Gasteiger charge is 2.57. The Balaban J connectivity index is 1.89. The molecule has 2 aliphatic rings. The highest BCUT2D eigenvalue weighted by atomic mass is 16.5. The van der Waals surface area contributed by atoms with Gasteiger partial charge in [-0.1, -0.05) is 0 Å². The van der Waals surface area contributed by atoms with Crippen LogP contribution in [0.4, 0.5) is 0 Å². The van der Waals surface area contributed by atoms with Gasteiger partial charge in [0.1, 0.15) is 6.23 Å². The molecule has 4 atom stereocenters. The predicted octanol–water partition coefficient (Wildman–Crippen LogP) is -1.19. The van der Waals surface area contributed by atoms with Gasteiger partial charge in [0.15, 0.2) is 0 Å². The zero-order chi connectivity index (χ0) is 10.6. The summed E-state index contributed by atoms with van der Waals surface area (Å²) in [6, 6.07) is 1.28. The Kier molecular flexibility index (Phi) is 1.66. The van der Waals surface area contributed by atoms with E-state index in [1.165, 1.54) is 16.8 Å². The SMILES string of the molecule is O=c1ccn(C2CC3C(O)C3O2)c(=O)[nH]1. The molecule has 80 valence electrons. The number of nitrogens with zero attached hydrogens (tertiary/aromatic N) is 1. The fraction of sp³-hybridized carbons (Fsp3) is 0.556. The Morgan fingerprint density at radius 3 is 2.93 bits per heavy atom. The van der Waals surface area contributed by atoms with Gasteiger partial charge in [-0.2, -0.15) is 0 Å². The van der Waals surface area contributed by atoms with Crippen molar-refractivity contribution in [3.8, 4) is 0 Å². The van der Waals surface area contributed by atoms with Gasteiger partial charge in [-0.25, -0.2) is 4.79 Å². The predicted molar refractivity (Wildman–Crippen MR) is 49.3 cm³/mol. The molecule has 0 aromatic carbocycles.